The number of benzene rings is 3. The zero-order valence-corrected chi connectivity index (χ0v) is 22.4. The number of rotatable bonds is 7. The van der Waals surface area contributed by atoms with Crippen LogP contribution in [0.4, 0.5) is 18.9 Å². The SMILES string of the molecule is O=C(CN(Cc1ccc(Cl)cc1)S(=O)(=O)c1ccc(Cl)cc1)N1CCN(c2cccc(C(F)(F)F)c2)CC1. The molecule has 0 aromatic heterocycles. The van der Waals surface area contributed by atoms with Crippen molar-refractivity contribution in [3.63, 3.8) is 0 Å². The summed E-state index contributed by atoms with van der Waals surface area (Å²) in [7, 11) is -4.06. The lowest BCUT2D eigenvalue weighted by molar-refractivity contribution is -0.137. The minimum absolute atomic E-state index is 0.00182. The van der Waals surface area contributed by atoms with Crippen LogP contribution in [0.25, 0.3) is 0 Å². The van der Waals surface area contributed by atoms with Crippen LogP contribution in [-0.4, -0.2) is 56.3 Å². The molecule has 1 heterocycles. The number of hydrogen-bond acceptors (Lipinski definition) is 4. The molecule has 0 unspecified atom stereocenters. The molecule has 0 aliphatic carbocycles. The van der Waals surface area contributed by atoms with Crippen LogP contribution < -0.4 is 4.90 Å². The highest BCUT2D eigenvalue weighted by Gasteiger charge is 2.32. The van der Waals surface area contributed by atoms with Gasteiger partial charge in [0, 0.05) is 48.5 Å². The van der Waals surface area contributed by atoms with Crippen LogP contribution in [0.3, 0.4) is 0 Å². The van der Waals surface area contributed by atoms with Gasteiger partial charge >= 0.3 is 6.18 Å². The van der Waals surface area contributed by atoms with Crippen molar-refractivity contribution in [2.24, 2.45) is 0 Å². The predicted octanol–water partition coefficient (Wildman–Crippen LogP) is 5.55. The first-order chi connectivity index (χ1) is 17.9. The van der Waals surface area contributed by atoms with E-state index in [-0.39, 0.29) is 24.5 Å². The molecule has 0 atom stereocenters. The molecule has 1 fully saturated rings. The summed E-state index contributed by atoms with van der Waals surface area (Å²) >= 11 is 11.9. The molecule has 1 aliphatic rings. The van der Waals surface area contributed by atoms with Gasteiger partial charge in [0.05, 0.1) is 17.0 Å². The van der Waals surface area contributed by atoms with E-state index in [1.54, 1.807) is 35.2 Å². The van der Waals surface area contributed by atoms with Gasteiger partial charge in [0.25, 0.3) is 0 Å². The molecule has 0 saturated carbocycles. The maximum absolute atomic E-state index is 13.5. The second kappa shape index (κ2) is 11.5. The highest BCUT2D eigenvalue weighted by molar-refractivity contribution is 7.89. The minimum atomic E-state index is -4.45. The normalized spacial score (nSPS) is 14.7. The van der Waals surface area contributed by atoms with Gasteiger partial charge in [-0.15, -0.1) is 0 Å². The van der Waals surface area contributed by atoms with E-state index >= 15 is 0 Å². The van der Waals surface area contributed by atoms with Gasteiger partial charge in [-0.25, -0.2) is 8.42 Å². The van der Waals surface area contributed by atoms with E-state index in [1.165, 1.54) is 35.2 Å². The number of hydrogen-bond donors (Lipinski definition) is 0. The van der Waals surface area contributed by atoms with Crippen LogP contribution in [-0.2, 0) is 27.5 Å². The van der Waals surface area contributed by atoms with Gasteiger partial charge in [-0.3, -0.25) is 4.79 Å². The average Bonchev–Trinajstić information content (AvgIpc) is 2.89. The van der Waals surface area contributed by atoms with E-state index in [4.69, 9.17) is 23.2 Å². The average molecular weight is 586 g/mol. The lowest BCUT2D eigenvalue weighted by Gasteiger charge is -2.37. The molecule has 1 aliphatic heterocycles. The summed E-state index contributed by atoms with van der Waals surface area (Å²) < 4.78 is 67.3. The number of anilines is 1. The van der Waals surface area contributed by atoms with Crippen molar-refractivity contribution in [2.45, 2.75) is 17.6 Å². The van der Waals surface area contributed by atoms with E-state index in [9.17, 15) is 26.4 Å². The third kappa shape index (κ3) is 6.79. The number of carbonyl (C=O) groups excluding carboxylic acids is 1. The number of amides is 1. The standard InChI is InChI=1S/C26H24Cl2F3N3O3S/c27-21-6-4-19(5-7-21)17-34(38(36,37)24-10-8-22(28)9-11-24)18-25(35)33-14-12-32(13-15-33)23-3-1-2-20(16-23)26(29,30)31/h1-11,16H,12-15,17-18H2. The summed E-state index contributed by atoms with van der Waals surface area (Å²) in [5.74, 6) is -0.403. The van der Waals surface area contributed by atoms with Gasteiger partial charge in [-0.05, 0) is 60.2 Å². The number of nitrogens with zero attached hydrogens (tertiary/aromatic N) is 3. The molecule has 0 N–H and O–H groups in total. The number of alkyl halides is 3. The highest BCUT2D eigenvalue weighted by atomic mass is 35.5. The maximum atomic E-state index is 13.5. The molecule has 0 radical (unpaired) electrons. The minimum Gasteiger partial charge on any atom is -0.368 e. The molecule has 4 rings (SSSR count). The van der Waals surface area contributed by atoms with Crippen molar-refractivity contribution in [3.8, 4) is 0 Å². The number of piperazine rings is 1. The molecule has 1 saturated heterocycles. The molecule has 12 heteroatoms. The lowest BCUT2D eigenvalue weighted by Crippen LogP contribution is -2.51. The van der Waals surface area contributed by atoms with E-state index < -0.39 is 34.2 Å². The molecule has 3 aromatic carbocycles. The summed E-state index contributed by atoms with van der Waals surface area (Å²) in [6.07, 6.45) is -4.45. The molecule has 38 heavy (non-hydrogen) atoms. The molecule has 1 amide bonds. The topological polar surface area (TPSA) is 60.9 Å². The zero-order chi connectivity index (χ0) is 27.5. The van der Waals surface area contributed by atoms with Crippen molar-refractivity contribution in [1.82, 2.24) is 9.21 Å². The summed E-state index contributed by atoms with van der Waals surface area (Å²) in [6.45, 7) is 0.646. The van der Waals surface area contributed by atoms with Crippen LogP contribution in [0.15, 0.2) is 77.7 Å². The molecule has 3 aromatic rings. The van der Waals surface area contributed by atoms with Gasteiger partial charge in [0.15, 0.2) is 0 Å². The van der Waals surface area contributed by atoms with Crippen molar-refractivity contribution in [2.75, 3.05) is 37.6 Å². The van der Waals surface area contributed by atoms with Crippen LogP contribution in [0.1, 0.15) is 11.1 Å². The monoisotopic (exact) mass is 585 g/mol. The molecule has 202 valence electrons. The van der Waals surface area contributed by atoms with Crippen molar-refractivity contribution in [3.05, 3.63) is 94.0 Å². The van der Waals surface area contributed by atoms with Crippen LogP contribution in [0.2, 0.25) is 10.0 Å². The molecular weight excluding hydrogens is 562 g/mol. The Morgan fingerprint density at radius 2 is 1.45 bits per heavy atom. The highest BCUT2D eigenvalue weighted by Crippen LogP contribution is 2.32. The van der Waals surface area contributed by atoms with Crippen molar-refractivity contribution < 1.29 is 26.4 Å². The Hall–Kier alpha value is -2.79. The lowest BCUT2D eigenvalue weighted by atomic mass is 10.1. The molecule has 6 nitrogen and oxygen atoms in total. The van der Waals surface area contributed by atoms with Crippen LogP contribution >= 0.6 is 23.2 Å². The second-order valence-corrected chi connectivity index (χ2v) is 11.6. The first kappa shape index (κ1) is 28.2. The fourth-order valence-corrected chi connectivity index (χ4v) is 5.75. The third-order valence-corrected chi connectivity index (χ3v) is 8.52. The van der Waals surface area contributed by atoms with Gasteiger partial charge in [-0.2, -0.15) is 17.5 Å². The van der Waals surface area contributed by atoms with Gasteiger partial charge < -0.3 is 9.80 Å². The summed E-state index contributed by atoms with van der Waals surface area (Å²) in [5, 5.41) is 0.874. The Labute approximate surface area is 229 Å². The first-order valence-corrected chi connectivity index (χ1v) is 13.8. The van der Waals surface area contributed by atoms with Crippen LogP contribution in [0.5, 0.6) is 0 Å². The van der Waals surface area contributed by atoms with E-state index in [1.807, 2.05) is 0 Å². The number of carbonyl (C=O) groups is 1. The fraction of sp³-hybridized carbons (Fsp3) is 0.269. The van der Waals surface area contributed by atoms with Crippen molar-refractivity contribution >= 4 is 44.8 Å². The Bertz CT molecular complexity index is 1380. The Balaban J connectivity index is 1.48. The summed E-state index contributed by atoms with van der Waals surface area (Å²) in [6, 6.07) is 17.4. The third-order valence-electron chi connectivity index (χ3n) is 6.21. The van der Waals surface area contributed by atoms with Gasteiger partial charge in [0.2, 0.25) is 15.9 Å². The van der Waals surface area contributed by atoms with Crippen LogP contribution in [0, 0.1) is 0 Å². The van der Waals surface area contributed by atoms with E-state index in [2.05, 4.69) is 0 Å². The predicted molar refractivity (Wildman–Crippen MR) is 141 cm³/mol. The largest absolute Gasteiger partial charge is 0.416 e. The Kier molecular flexibility index (Phi) is 8.56. The first-order valence-electron chi connectivity index (χ1n) is 11.6. The molecular formula is C26H24Cl2F3N3O3S. The maximum Gasteiger partial charge on any atom is 0.416 e. The fourth-order valence-electron chi connectivity index (χ4n) is 4.12. The van der Waals surface area contributed by atoms with Gasteiger partial charge in [0.1, 0.15) is 0 Å². The Morgan fingerprint density at radius 1 is 0.868 bits per heavy atom. The van der Waals surface area contributed by atoms with Gasteiger partial charge in [-0.1, -0.05) is 41.4 Å². The molecule has 0 spiro atoms. The second-order valence-electron chi connectivity index (χ2n) is 8.77. The number of halogens is 5. The summed E-state index contributed by atoms with van der Waals surface area (Å²) in [4.78, 5) is 16.5. The Morgan fingerprint density at radius 3 is 2.03 bits per heavy atom. The van der Waals surface area contributed by atoms with Crippen molar-refractivity contribution in [1.29, 1.82) is 0 Å². The number of sulfonamides is 1. The molecule has 0 bridgehead atoms. The quantitative estimate of drug-likeness (QED) is 0.364. The smallest absolute Gasteiger partial charge is 0.368 e. The summed E-state index contributed by atoms with van der Waals surface area (Å²) in [5.41, 5.74) is 0.328. The van der Waals surface area contributed by atoms with E-state index in [0.717, 1.165) is 16.4 Å². The van der Waals surface area contributed by atoms with E-state index in [0.29, 0.717) is 34.4 Å². The zero-order valence-electron chi connectivity index (χ0n) is 20.0.